The molecule has 0 aliphatic rings. The van der Waals surface area contributed by atoms with E-state index >= 15 is 0 Å². The van der Waals surface area contributed by atoms with E-state index in [2.05, 4.69) is 20.7 Å². The number of carboxylic acid groups (broad SMARTS) is 1. The number of rotatable bonds is 6. The Hall–Kier alpha value is -4.20. The highest BCUT2D eigenvalue weighted by Gasteiger charge is 2.12. The molecule has 150 valence electrons. The molecule has 30 heavy (non-hydrogen) atoms. The Morgan fingerprint density at radius 1 is 1.10 bits per heavy atom. The van der Waals surface area contributed by atoms with Gasteiger partial charge in [0, 0.05) is 36.6 Å². The minimum absolute atomic E-state index is 0.0223. The third-order valence-corrected chi connectivity index (χ3v) is 4.71. The van der Waals surface area contributed by atoms with Crippen LogP contribution in [0.5, 0.6) is 0 Å². The van der Waals surface area contributed by atoms with Gasteiger partial charge in [-0.1, -0.05) is 12.1 Å². The molecule has 0 atom stereocenters. The molecular formula is C22H19N5O3. The molecule has 0 aliphatic heterocycles. The summed E-state index contributed by atoms with van der Waals surface area (Å²) >= 11 is 0. The molecule has 0 fully saturated rings. The maximum atomic E-state index is 12.9. The molecule has 3 N–H and O–H groups in total. The summed E-state index contributed by atoms with van der Waals surface area (Å²) in [6, 6.07) is 16.0. The summed E-state index contributed by atoms with van der Waals surface area (Å²) in [6.07, 6.45) is 3.22. The summed E-state index contributed by atoms with van der Waals surface area (Å²) in [5, 5.41) is 20.4. The topological polar surface area (TPSA) is 109 Å². The Morgan fingerprint density at radius 3 is 2.77 bits per heavy atom. The van der Waals surface area contributed by atoms with E-state index in [4.69, 9.17) is 5.11 Å². The van der Waals surface area contributed by atoms with Gasteiger partial charge in [-0.15, -0.1) is 0 Å². The van der Waals surface area contributed by atoms with Crippen molar-refractivity contribution in [1.29, 1.82) is 0 Å². The van der Waals surface area contributed by atoms with Crippen molar-refractivity contribution >= 4 is 34.2 Å². The van der Waals surface area contributed by atoms with Crippen LogP contribution in [0.3, 0.4) is 0 Å². The number of carboxylic acids is 1. The second kappa shape index (κ2) is 8.04. The Kier molecular flexibility index (Phi) is 5.13. The molecule has 0 unspecified atom stereocenters. The highest BCUT2D eigenvalue weighted by Crippen LogP contribution is 2.21. The van der Waals surface area contributed by atoms with Crippen LogP contribution in [0.25, 0.3) is 10.9 Å². The summed E-state index contributed by atoms with van der Waals surface area (Å²) in [7, 11) is 1.85. The lowest BCUT2D eigenvalue weighted by molar-refractivity contribution is 0.0690. The number of carbonyl (C=O) groups excluding carboxylic acids is 1. The van der Waals surface area contributed by atoms with E-state index in [9.17, 15) is 9.59 Å². The second-order valence-corrected chi connectivity index (χ2v) is 6.75. The van der Waals surface area contributed by atoms with Gasteiger partial charge in [0.2, 0.25) is 0 Å². The number of nitrogens with one attached hydrogen (secondary N) is 2. The van der Waals surface area contributed by atoms with Crippen molar-refractivity contribution in [2.24, 2.45) is 7.05 Å². The smallest absolute Gasteiger partial charge is 0.354 e. The van der Waals surface area contributed by atoms with Crippen molar-refractivity contribution in [3.05, 3.63) is 83.8 Å². The van der Waals surface area contributed by atoms with Crippen LogP contribution in [0, 0.1) is 0 Å². The van der Waals surface area contributed by atoms with Crippen molar-refractivity contribution in [2.45, 2.75) is 6.54 Å². The molecule has 4 rings (SSSR count). The maximum Gasteiger partial charge on any atom is 0.354 e. The number of aromatic carboxylic acids is 1. The number of anilines is 2. The van der Waals surface area contributed by atoms with E-state index in [1.165, 1.54) is 12.3 Å². The average molecular weight is 401 g/mol. The third-order valence-electron chi connectivity index (χ3n) is 4.71. The molecule has 0 saturated carbocycles. The Labute approximate surface area is 172 Å². The number of pyridine rings is 1. The number of benzene rings is 2. The second-order valence-electron chi connectivity index (χ2n) is 6.75. The van der Waals surface area contributed by atoms with Crippen LogP contribution in [0.1, 0.15) is 26.4 Å². The lowest BCUT2D eigenvalue weighted by Crippen LogP contribution is -2.15. The number of hydrogen-bond donors (Lipinski definition) is 3. The van der Waals surface area contributed by atoms with E-state index in [1.54, 1.807) is 35.1 Å². The monoisotopic (exact) mass is 401 g/mol. The first kappa shape index (κ1) is 19.1. The van der Waals surface area contributed by atoms with E-state index in [-0.39, 0.29) is 11.6 Å². The van der Waals surface area contributed by atoms with Crippen LogP contribution in [0.15, 0.2) is 67.0 Å². The average Bonchev–Trinajstić information content (AvgIpc) is 3.13. The minimum Gasteiger partial charge on any atom is -0.477 e. The number of nitrogens with zero attached hydrogens (tertiary/aromatic N) is 3. The first-order valence-corrected chi connectivity index (χ1v) is 9.25. The molecular weight excluding hydrogens is 382 g/mol. The van der Waals surface area contributed by atoms with Crippen LogP contribution < -0.4 is 10.6 Å². The first-order chi connectivity index (χ1) is 14.5. The van der Waals surface area contributed by atoms with Gasteiger partial charge < -0.3 is 15.7 Å². The largest absolute Gasteiger partial charge is 0.477 e. The SMILES string of the molecule is Cn1ncc2ccc(NC(=O)c3ccccc3NCc3ccnc(C(=O)O)c3)cc21. The minimum atomic E-state index is -1.08. The van der Waals surface area contributed by atoms with Gasteiger partial charge in [-0.2, -0.15) is 5.10 Å². The van der Waals surface area contributed by atoms with Gasteiger partial charge in [-0.25, -0.2) is 9.78 Å². The van der Waals surface area contributed by atoms with Gasteiger partial charge in [0.15, 0.2) is 0 Å². The number of aromatic nitrogens is 3. The van der Waals surface area contributed by atoms with Gasteiger partial charge in [-0.05, 0) is 48.0 Å². The fourth-order valence-electron chi connectivity index (χ4n) is 3.15. The van der Waals surface area contributed by atoms with Crippen LogP contribution in [0.4, 0.5) is 11.4 Å². The summed E-state index contributed by atoms with van der Waals surface area (Å²) in [4.78, 5) is 27.8. The van der Waals surface area contributed by atoms with E-state index in [0.717, 1.165) is 16.5 Å². The number of aryl methyl sites for hydroxylation is 1. The molecule has 0 radical (unpaired) electrons. The van der Waals surface area contributed by atoms with Crippen LogP contribution in [-0.4, -0.2) is 31.7 Å². The molecule has 2 aromatic heterocycles. The fourth-order valence-corrected chi connectivity index (χ4v) is 3.15. The van der Waals surface area contributed by atoms with Crippen LogP contribution in [0.2, 0.25) is 0 Å². The van der Waals surface area contributed by atoms with E-state index in [1.807, 2.05) is 31.3 Å². The van der Waals surface area contributed by atoms with Crippen molar-refractivity contribution < 1.29 is 14.7 Å². The predicted molar refractivity (Wildman–Crippen MR) is 114 cm³/mol. The molecule has 0 saturated heterocycles. The molecule has 2 heterocycles. The molecule has 0 aliphatic carbocycles. The standard InChI is InChI=1S/C22H19N5O3/c1-27-20-11-16(7-6-15(20)13-25-27)26-21(28)17-4-2-3-5-18(17)24-12-14-8-9-23-19(10-14)22(29)30/h2-11,13,24H,12H2,1H3,(H,26,28)(H,29,30). The number of para-hydroxylation sites is 1. The predicted octanol–water partition coefficient (Wildman–Crippen LogP) is 3.53. The molecule has 8 heteroatoms. The quantitative estimate of drug-likeness (QED) is 0.456. The molecule has 0 spiro atoms. The summed E-state index contributed by atoms with van der Waals surface area (Å²) < 4.78 is 1.75. The van der Waals surface area contributed by atoms with Crippen molar-refractivity contribution in [2.75, 3.05) is 10.6 Å². The molecule has 1 amide bonds. The highest BCUT2D eigenvalue weighted by atomic mass is 16.4. The van der Waals surface area contributed by atoms with E-state index in [0.29, 0.717) is 23.5 Å². The highest BCUT2D eigenvalue weighted by molar-refractivity contribution is 6.08. The zero-order valence-electron chi connectivity index (χ0n) is 16.2. The molecule has 8 nitrogen and oxygen atoms in total. The number of hydrogen-bond acceptors (Lipinski definition) is 5. The lowest BCUT2D eigenvalue weighted by Gasteiger charge is -2.13. The van der Waals surface area contributed by atoms with Crippen LogP contribution in [-0.2, 0) is 13.6 Å². The van der Waals surface area contributed by atoms with Crippen molar-refractivity contribution in [3.8, 4) is 0 Å². The van der Waals surface area contributed by atoms with Gasteiger partial charge in [-0.3, -0.25) is 9.48 Å². The summed E-state index contributed by atoms with van der Waals surface area (Å²) in [5.41, 5.74) is 3.45. The van der Waals surface area contributed by atoms with E-state index < -0.39 is 5.97 Å². The Bertz CT molecular complexity index is 1250. The fraction of sp³-hybridized carbons (Fsp3) is 0.0909. The first-order valence-electron chi connectivity index (χ1n) is 9.25. The molecule has 0 bridgehead atoms. The van der Waals surface area contributed by atoms with Gasteiger partial charge in [0.05, 0.1) is 17.3 Å². The van der Waals surface area contributed by atoms with Crippen molar-refractivity contribution in [3.63, 3.8) is 0 Å². The summed E-state index contributed by atoms with van der Waals surface area (Å²) in [5.74, 6) is -1.33. The summed E-state index contributed by atoms with van der Waals surface area (Å²) in [6.45, 7) is 0.355. The normalized spacial score (nSPS) is 10.7. The van der Waals surface area contributed by atoms with Crippen LogP contribution >= 0.6 is 0 Å². The molecule has 2 aromatic carbocycles. The molecule has 4 aromatic rings. The zero-order valence-corrected chi connectivity index (χ0v) is 16.2. The van der Waals surface area contributed by atoms with Gasteiger partial charge >= 0.3 is 5.97 Å². The Morgan fingerprint density at radius 2 is 1.93 bits per heavy atom. The van der Waals surface area contributed by atoms with Gasteiger partial charge in [0.25, 0.3) is 5.91 Å². The zero-order chi connectivity index (χ0) is 21.1. The number of fused-ring (bicyclic) bond motifs is 1. The lowest BCUT2D eigenvalue weighted by atomic mass is 10.1. The van der Waals surface area contributed by atoms with Crippen molar-refractivity contribution in [1.82, 2.24) is 14.8 Å². The van der Waals surface area contributed by atoms with Gasteiger partial charge in [0.1, 0.15) is 5.69 Å². The Balaban J connectivity index is 1.52. The number of amides is 1. The third kappa shape index (κ3) is 3.97. The maximum absolute atomic E-state index is 12.9. The number of carbonyl (C=O) groups is 2.